The number of halogens is 3. The second-order valence-corrected chi connectivity index (χ2v) is 5.77. The van der Waals surface area contributed by atoms with Gasteiger partial charge in [-0.15, -0.1) is 0 Å². The Labute approximate surface area is 135 Å². The van der Waals surface area contributed by atoms with Gasteiger partial charge in [-0.3, -0.25) is 4.68 Å². The van der Waals surface area contributed by atoms with E-state index < -0.39 is 23.9 Å². The van der Waals surface area contributed by atoms with E-state index in [4.69, 9.17) is 5.26 Å². The van der Waals surface area contributed by atoms with Gasteiger partial charge in [-0.1, -0.05) is 0 Å². The fraction of sp³-hybridized carbons (Fsp3) is 0.400. The molecule has 126 valence electrons. The molecule has 0 aliphatic heterocycles. The predicted octanol–water partition coefficient (Wildman–Crippen LogP) is 2.26. The third kappa shape index (κ3) is 2.92. The van der Waals surface area contributed by atoms with Gasteiger partial charge in [0.05, 0.1) is 35.6 Å². The van der Waals surface area contributed by atoms with Crippen LogP contribution in [-0.2, 0) is 6.18 Å². The number of aliphatic hydroxyl groups is 1. The van der Waals surface area contributed by atoms with Crippen LogP contribution in [0.3, 0.4) is 0 Å². The zero-order valence-corrected chi connectivity index (χ0v) is 12.6. The summed E-state index contributed by atoms with van der Waals surface area (Å²) in [6, 6.07) is 1.87. The molecule has 0 bridgehead atoms. The van der Waals surface area contributed by atoms with Crippen molar-refractivity contribution in [3.8, 4) is 6.07 Å². The maximum Gasteiger partial charge on any atom is 0.417 e. The number of aliphatic hydroxyl groups excluding tert-OH is 1. The van der Waals surface area contributed by atoms with Crippen LogP contribution in [0.15, 0.2) is 24.7 Å². The first-order valence-electron chi connectivity index (χ1n) is 7.22. The number of anilines is 1. The number of hydrogen-bond acceptors (Lipinski definition) is 5. The monoisotopic (exact) mass is 337 g/mol. The highest BCUT2D eigenvalue weighted by atomic mass is 19.4. The van der Waals surface area contributed by atoms with Crippen molar-refractivity contribution >= 4 is 5.69 Å². The summed E-state index contributed by atoms with van der Waals surface area (Å²) >= 11 is 0. The van der Waals surface area contributed by atoms with Crippen LogP contribution < -0.4 is 5.32 Å². The number of pyridine rings is 1. The van der Waals surface area contributed by atoms with E-state index in [1.807, 2.05) is 6.92 Å². The lowest BCUT2D eigenvalue weighted by Gasteiger charge is -2.42. The van der Waals surface area contributed by atoms with Crippen molar-refractivity contribution in [2.45, 2.75) is 37.7 Å². The molecule has 9 heteroatoms. The highest BCUT2D eigenvalue weighted by Gasteiger charge is 2.42. The Hall–Kier alpha value is -2.60. The molecule has 0 aromatic carbocycles. The molecule has 2 heterocycles. The topological polar surface area (TPSA) is 86.8 Å². The summed E-state index contributed by atoms with van der Waals surface area (Å²) in [5, 5.41) is 26.0. The summed E-state index contributed by atoms with van der Waals surface area (Å²) in [4.78, 5) is 3.57. The van der Waals surface area contributed by atoms with Crippen LogP contribution in [0, 0.1) is 18.3 Å². The molecule has 1 aliphatic rings. The van der Waals surface area contributed by atoms with E-state index in [1.54, 1.807) is 23.1 Å². The SMILES string of the molecule is Cc1cnn([C@H]2[C@H](O)C[C@@H]2Nc2cc(C(F)(F)F)cnc2C#N)c1. The Morgan fingerprint density at radius 2 is 2.17 bits per heavy atom. The highest BCUT2D eigenvalue weighted by molar-refractivity contribution is 5.56. The largest absolute Gasteiger partial charge is 0.417 e. The molecular formula is C15H14F3N5O. The van der Waals surface area contributed by atoms with Crippen molar-refractivity contribution in [3.63, 3.8) is 0 Å². The van der Waals surface area contributed by atoms with E-state index >= 15 is 0 Å². The van der Waals surface area contributed by atoms with Gasteiger partial charge in [-0.05, 0) is 25.0 Å². The number of aromatic nitrogens is 3. The number of nitrogens with zero attached hydrogens (tertiary/aromatic N) is 4. The number of nitrogens with one attached hydrogen (secondary N) is 1. The maximum absolute atomic E-state index is 12.8. The summed E-state index contributed by atoms with van der Waals surface area (Å²) in [5.41, 5.74) is -0.153. The summed E-state index contributed by atoms with van der Waals surface area (Å²) in [5.74, 6) is 0. The molecule has 2 N–H and O–H groups in total. The predicted molar refractivity (Wildman–Crippen MR) is 78.0 cm³/mol. The Morgan fingerprint density at radius 1 is 1.42 bits per heavy atom. The van der Waals surface area contributed by atoms with Crippen LogP contribution in [0.25, 0.3) is 0 Å². The van der Waals surface area contributed by atoms with E-state index in [0.717, 1.165) is 11.6 Å². The maximum atomic E-state index is 12.8. The molecule has 0 unspecified atom stereocenters. The van der Waals surface area contributed by atoms with E-state index in [0.29, 0.717) is 12.6 Å². The van der Waals surface area contributed by atoms with Gasteiger partial charge < -0.3 is 10.4 Å². The van der Waals surface area contributed by atoms with Crippen LogP contribution >= 0.6 is 0 Å². The first-order chi connectivity index (χ1) is 11.3. The average Bonchev–Trinajstić information content (AvgIpc) is 2.91. The molecule has 1 saturated carbocycles. The minimum absolute atomic E-state index is 0.00176. The van der Waals surface area contributed by atoms with Crippen molar-refractivity contribution in [3.05, 3.63) is 41.5 Å². The Morgan fingerprint density at radius 3 is 2.71 bits per heavy atom. The standard InChI is InChI=1S/C15H14F3N5O/c1-8-5-21-23(7-8)14-11(3-13(14)24)22-10-2-9(15(16,17)18)6-20-12(10)4-19/h2,5-7,11,13-14,22,24H,3H2,1H3/t11-,13+,14+/m0/s1. The molecule has 0 spiro atoms. The van der Waals surface area contributed by atoms with Gasteiger partial charge in [0.25, 0.3) is 0 Å². The minimum atomic E-state index is -4.55. The summed E-state index contributed by atoms with van der Waals surface area (Å²) in [7, 11) is 0. The van der Waals surface area contributed by atoms with E-state index in [-0.39, 0.29) is 17.4 Å². The van der Waals surface area contributed by atoms with Gasteiger partial charge in [-0.2, -0.15) is 23.5 Å². The molecule has 0 radical (unpaired) electrons. The van der Waals surface area contributed by atoms with Crippen LogP contribution in [0.4, 0.5) is 18.9 Å². The lowest BCUT2D eigenvalue weighted by molar-refractivity contribution is -0.137. The van der Waals surface area contributed by atoms with Crippen molar-refractivity contribution in [2.75, 3.05) is 5.32 Å². The lowest BCUT2D eigenvalue weighted by atomic mass is 9.82. The summed E-state index contributed by atoms with van der Waals surface area (Å²) in [6.07, 6.45) is -0.856. The zero-order valence-electron chi connectivity index (χ0n) is 12.6. The van der Waals surface area contributed by atoms with Crippen LogP contribution in [-0.4, -0.2) is 32.0 Å². The smallest absolute Gasteiger partial charge is 0.391 e. The molecular weight excluding hydrogens is 323 g/mol. The Balaban J connectivity index is 1.86. The van der Waals surface area contributed by atoms with Crippen LogP contribution in [0.2, 0.25) is 0 Å². The van der Waals surface area contributed by atoms with Crippen LogP contribution in [0.5, 0.6) is 0 Å². The van der Waals surface area contributed by atoms with E-state index in [1.165, 1.54) is 0 Å². The van der Waals surface area contributed by atoms with Gasteiger partial charge in [0, 0.05) is 12.4 Å². The third-order valence-electron chi connectivity index (χ3n) is 4.00. The normalized spacial score (nSPS) is 23.4. The number of nitriles is 1. The summed E-state index contributed by atoms with van der Waals surface area (Å²) < 4.78 is 40.1. The number of rotatable bonds is 3. The van der Waals surface area contributed by atoms with Gasteiger partial charge in [0.2, 0.25) is 0 Å². The molecule has 3 atom stereocenters. The Bertz CT molecular complexity index is 795. The fourth-order valence-electron chi connectivity index (χ4n) is 2.73. The Kier molecular flexibility index (Phi) is 3.93. The van der Waals surface area contributed by atoms with Crippen molar-refractivity contribution in [1.82, 2.24) is 14.8 Å². The van der Waals surface area contributed by atoms with Crippen molar-refractivity contribution < 1.29 is 18.3 Å². The molecule has 24 heavy (non-hydrogen) atoms. The second kappa shape index (κ2) is 5.79. The molecule has 2 aromatic heterocycles. The van der Waals surface area contributed by atoms with Gasteiger partial charge in [-0.25, -0.2) is 4.98 Å². The first kappa shape index (κ1) is 16.3. The minimum Gasteiger partial charge on any atom is -0.391 e. The molecule has 3 rings (SSSR count). The quantitative estimate of drug-likeness (QED) is 0.897. The molecule has 1 aliphatic carbocycles. The molecule has 0 saturated heterocycles. The van der Waals surface area contributed by atoms with E-state index in [9.17, 15) is 18.3 Å². The molecule has 1 fully saturated rings. The van der Waals surface area contributed by atoms with E-state index in [2.05, 4.69) is 15.4 Å². The van der Waals surface area contributed by atoms with Gasteiger partial charge in [0.15, 0.2) is 5.69 Å². The number of hydrogen-bond donors (Lipinski definition) is 2. The summed E-state index contributed by atoms with van der Waals surface area (Å²) in [6.45, 7) is 1.85. The highest BCUT2D eigenvalue weighted by Crippen LogP contribution is 2.37. The number of aryl methyl sites for hydroxylation is 1. The average molecular weight is 337 g/mol. The van der Waals surface area contributed by atoms with Gasteiger partial charge in [0.1, 0.15) is 6.07 Å². The van der Waals surface area contributed by atoms with Crippen LogP contribution in [0.1, 0.15) is 29.3 Å². The van der Waals surface area contributed by atoms with Gasteiger partial charge >= 0.3 is 6.18 Å². The fourth-order valence-corrected chi connectivity index (χ4v) is 2.73. The van der Waals surface area contributed by atoms with Crippen molar-refractivity contribution in [1.29, 1.82) is 5.26 Å². The molecule has 6 nitrogen and oxygen atoms in total. The first-order valence-corrected chi connectivity index (χ1v) is 7.22. The zero-order chi connectivity index (χ0) is 17.5. The lowest BCUT2D eigenvalue weighted by Crippen LogP contribution is -2.51. The third-order valence-corrected chi connectivity index (χ3v) is 4.00. The second-order valence-electron chi connectivity index (χ2n) is 5.77. The van der Waals surface area contributed by atoms with Crippen molar-refractivity contribution in [2.24, 2.45) is 0 Å². The molecule has 2 aromatic rings. The molecule has 0 amide bonds. The number of alkyl halides is 3.